The Morgan fingerprint density at radius 3 is 2.33 bits per heavy atom. The van der Waals surface area contributed by atoms with E-state index in [-0.39, 0.29) is 29.6 Å². The Morgan fingerprint density at radius 2 is 2.00 bits per heavy atom. The van der Waals surface area contributed by atoms with Gasteiger partial charge in [-0.2, -0.15) is 0 Å². The van der Waals surface area contributed by atoms with Gasteiger partial charge in [0.05, 0.1) is 0 Å². The van der Waals surface area contributed by atoms with E-state index in [4.69, 9.17) is 0 Å². The molecule has 0 aromatic carbocycles. The van der Waals surface area contributed by atoms with E-state index in [1.54, 1.807) is 0 Å². The molecule has 12 heavy (non-hydrogen) atoms. The van der Waals surface area contributed by atoms with Crippen molar-refractivity contribution < 1.29 is 34.7 Å². The molecule has 0 N–H and O–H groups in total. The second kappa shape index (κ2) is 4.69. The number of allylic oxidation sites excluding steroid dienone is 2. The average molecular weight is 176 g/mol. The van der Waals surface area contributed by atoms with E-state index < -0.39 is 0 Å². The van der Waals surface area contributed by atoms with Crippen molar-refractivity contribution in [1.29, 1.82) is 0 Å². The third-order valence-corrected chi connectivity index (χ3v) is 2.59. The molecule has 0 spiro atoms. The van der Waals surface area contributed by atoms with E-state index in [9.17, 15) is 5.11 Å². The van der Waals surface area contributed by atoms with Crippen LogP contribution in [0.5, 0.6) is 0 Å². The zero-order chi connectivity index (χ0) is 8.48. The Hall–Kier alpha value is 0.540. The van der Waals surface area contributed by atoms with Gasteiger partial charge in [0.25, 0.3) is 0 Å². The molecule has 1 nitrogen and oxygen atoms in total. The first-order chi connectivity index (χ1) is 5.00. The van der Waals surface area contributed by atoms with Crippen LogP contribution in [0.1, 0.15) is 40.0 Å². The summed E-state index contributed by atoms with van der Waals surface area (Å²) in [6.07, 6.45) is 4.70. The van der Waals surface area contributed by atoms with Crippen LogP contribution in [0.2, 0.25) is 0 Å². The number of hydrogen-bond acceptors (Lipinski definition) is 1. The van der Waals surface area contributed by atoms with Gasteiger partial charge < -0.3 is 5.11 Å². The Balaban J connectivity index is 0.00000121. The monoisotopic (exact) mass is 176 g/mol. The molecule has 1 rings (SSSR count). The fraction of sp³-hybridized carbons (Fsp3) is 0.800. The summed E-state index contributed by atoms with van der Waals surface area (Å²) >= 11 is 0. The molecule has 1 atom stereocenters. The van der Waals surface area contributed by atoms with Gasteiger partial charge in [-0.1, -0.05) is 26.8 Å². The van der Waals surface area contributed by atoms with Crippen LogP contribution in [0, 0.1) is 11.3 Å². The topological polar surface area (TPSA) is 23.1 Å². The molecule has 1 aliphatic rings. The fourth-order valence-electron chi connectivity index (χ4n) is 1.60. The molecule has 1 aliphatic carbocycles. The van der Waals surface area contributed by atoms with E-state index in [0.717, 1.165) is 19.3 Å². The summed E-state index contributed by atoms with van der Waals surface area (Å²) in [6.45, 7) is 6.75. The molecule has 0 fully saturated rings. The van der Waals surface area contributed by atoms with Crippen molar-refractivity contribution in [1.82, 2.24) is 0 Å². The van der Waals surface area contributed by atoms with E-state index in [0.29, 0.717) is 17.1 Å². The van der Waals surface area contributed by atoms with Crippen LogP contribution in [-0.4, -0.2) is 0 Å². The second-order valence-corrected chi connectivity index (χ2v) is 4.51. The molecule has 0 saturated heterocycles. The molecule has 0 unspecified atom stereocenters. The minimum Gasteiger partial charge on any atom is -0.876 e. The van der Waals surface area contributed by atoms with Gasteiger partial charge in [-0.3, -0.25) is 0 Å². The van der Waals surface area contributed by atoms with Crippen LogP contribution in [-0.2, 0) is 0 Å². The molecular weight excluding hydrogens is 159 g/mol. The predicted molar refractivity (Wildman–Crippen MR) is 44.9 cm³/mol. The van der Waals surface area contributed by atoms with Gasteiger partial charge in [0.15, 0.2) is 0 Å². The van der Waals surface area contributed by atoms with E-state index in [1.807, 2.05) is 6.08 Å². The largest absolute Gasteiger partial charge is 1.00 e. The van der Waals surface area contributed by atoms with Gasteiger partial charge in [0, 0.05) is 0 Å². The maximum absolute atomic E-state index is 10.9. The molecule has 0 aromatic heterocycles. The number of hydrogen-bond donors (Lipinski definition) is 0. The summed E-state index contributed by atoms with van der Waals surface area (Å²) in [5.74, 6) is 1.05. The quantitative estimate of drug-likeness (QED) is 0.438. The molecule has 0 aliphatic heterocycles. The van der Waals surface area contributed by atoms with Crippen molar-refractivity contribution in [3.8, 4) is 0 Å². The minimum atomic E-state index is 0. The molecule has 0 radical (unpaired) electrons. The molecule has 64 valence electrons. The van der Waals surface area contributed by atoms with Crippen LogP contribution >= 0.6 is 0 Å². The third kappa shape index (κ3) is 3.51. The van der Waals surface area contributed by atoms with Crippen molar-refractivity contribution >= 4 is 0 Å². The van der Waals surface area contributed by atoms with Crippen molar-refractivity contribution in [3.63, 3.8) is 0 Å². The maximum Gasteiger partial charge on any atom is 1.00 e. The van der Waals surface area contributed by atoms with E-state index >= 15 is 0 Å². The Bertz CT molecular complexity index is 167. The molecule has 0 saturated carbocycles. The van der Waals surface area contributed by atoms with Crippen LogP contribution in [0.4, 0.5) is 0 Å². The van der Waals surface area contributed by atoms with Gasteiger partial charge in [-0.25, -0.2) is 0 Å². The smallest absolute Gasteiger partial charge is 0.876 e. The first kappa shape index (κ1) is 12.5. The van der Waals surface area contributed by atoms with Crippen molar-refractivity contribution in [3.05, 3.63) is 11.8 Å². The summed E-state index contributed by atoms with van der Waals surface area (Å²) in [5.41, 5.74) is 0.372. The Labute approximate surface area is 97.5 Å². The first-order valence-corrected chi connectivity index (χ1v) is 4.36. The van der Waals surface area contributed by atoms with Crippen molar-refractivity contribution in [2.45, 2.75) is 40.0 Å². The fourth-order valence-corrected chi connectivity index (χ4v) is 1.60. The zero-order valence-electron chi connectivity index (χ0n) is 8.68. The van der Waals surface area contributed by atoms with Crippen LogP contribution in [0.15, 0.2) is 11.8 Å². The van der Waals surface area contributed by atoms with Gasteiger partial charge in [0.2, 0.25) is 0 Å². The van der Waals surface area contributed by atoms with Gasteiger partial charge in [-0.15, -0.1) is 5.76 Å². The maximum atomic E-state index is 10.9. The zero-order valence-corrected chi connectivity index (χ0v) is 10.7. The predicted octanol–water partition coefficient (Wildman–Crippen LogP) is -0.919. The molecule has 0 amide bonds. The third-order valence-electron chi connectivity index (χ3n) is 2.59. The van der Waals surface area contributed by atoms with Gasteiger partial charge >= 0.3 is 29.6 Å². The Morgan fingerprint density at radius 1 is 1.42 bits per heavy atom. The second-order valence-electron chi connectivity index (χ2n) is 4.51. The summed E-state index contributed by atoms with van der Waals surface area (Å²) in [6, 6.07) is 0. The average Bonchev–Trinajstić information content (AvgIpc) is 1.86. The standard InChI is InChI=1S/C10H18O.Na/c1-10(2,3)8-4-6-9(11)7-5-8;/h6,8,11H,4-5,7H2,1-3H3;/q;+1/p-1/t8-;/m1./s1. The van der Waals surface area contributed by atoms with Gasteiger partial charge in [0.1, 0.15) is 0 Å². The summed E-state index contributed by atoms with van der Waals surface area (Å²) in [4.78, 5) is 0. The summed E-state index contributed by atoms with van der Waals surface area (Å²) in [5, 5.41) is 10.9. The van der Waals surface area contributed by atoms with Crippen LogP contribution in [0.3, 0.4) is 0 Å². The van der Waals surface area contributed by atoms with E-state index in [1.165, 1.54) is 0 Å². The first-order valence-electron chi connectivity index (χ1n) is 4.36. The van der Waals surface area contributed by atoms with Gasteiger partial charge in [-0.05, 0) is 30.6 Å². The molecule has 2 heteroatoms. The normalized spacial score (nSPS) is 24.2. The van der Waals surface area contributed by atoms with Crippen LogP contribution in [0.25, 0.3) is 0 Å². The molecular formula is C10H17NaO. The summed E-state index contributed by atoms with van der Waals surface area (Å²) in [7, 11) is 0. The SMILES string of the molecule is CC(C)(C)[C@@H]1CC=C([O-])CC1.[Na+]. The minimum absolute atomic E-state index is 0. The Kier molecular flexibility index (Phi) is 4.90. The van der Waals surface area contributed by atoms with Crippen molar-refractivity contribution in [2.24, 2.45) is 11.3 Å². The molecule has 0 bridgehead atoms. The molecule has 0 aromatic rings. The van der Waals surface area contributed by atoms with E-state index in [2.05, 4.69) is 20.8 Å². The van der Waals surface area contributed by atoms with Crippen molar-refractivity contribution in [2.75, 3.05) is 0 Å². The summed E-state index contributed by atoms with van der Waals surface area (Å²) < 4.78 is 0. The van der Waals surface area contributed by atoms with Crippen LogP contribution < -0.4 is 34.7 Å². The number of rotatable bonds is 0. The molecule has 0 heterocycles.